The molecular weight excluding hydrogens is 234 g/mol. The summed E-state index contributed by atoms with van der Waals surface area (Å²) in [5, 5.41) is 3.48. The average molecular weight is 261 g/mol. The number of hydrogen-bond acceptors (Lipinski definition) is 3. The molecule has 1 rings (SSSR count). The second-order valence-corrected chi connectivity index (χ2v) is 4.89. The number of nitrogens with one attached hydrogen (secondary N) is 1. The van der Waals surface area contributed by atoms with Crippen molar-refractivity contribution < 1.29 is 0 Å². The largest absolute Gasteiger partial charge is 0.353 e. The maximum atomic E-state index is 4.74. The smallest absolute Gasteiger partial charge is 0.133 e. The van der Waals surface area contributed by atoms with Crippen molar-refractivity contribution in [1.82, 2.24) is 10.3 Å². The number of nitrogens with zero attached hydrogens (tertiary/aromatic N) is 2. The predicted octanol–water partition coefficient (Wildman–Crippen LogP) is 3.21. The van der Waals surface area contributed by atoms with E-state index in [1.165, 1.54) is 11.1 Å². The van der Waals surface area contributed by atoms with Crippen LogP contribution in [-0.2, 0) is 6.54 Å². The number of rotatable bonds is 8. The first-order valence-corrected chi connectivity index (χ1v) is 7.17. The van der Waals surface area contributed by atoms with Crippen LogP contribution in [0.2, 0.25) is 0 Å². The molecule has 0 spiro atoms. The molecule has 1 N–H and O–H groups in total. The molecule has 1 aromatic rings. The fourth-order valence-electron chi connectivity index (χ4n) is 2.23. The lowest BCUT2D eigenvalue weighted by atomic mass is 10.1. The van der Waals surface area contributed by atoms with Crippen LogP contribution in [0.1, 0.15) is 37.1 Å². The summed E-state index contributed by atoms with van der Waals surface area (Å²) in [4.78, 5) is 7.01. The van der Waals surface area contributed by atoms with Crippen LogP contribution in [0.5, 0.6) is 0 Å². The van der Waals surface area contributed by atoms with Gasteiger partial charge in [0.05, 0.1) is 0 Å². The van der Waals surface area contributed by atoms with E-state index in [4.69, 9.17) is 4.98 Å². The summed E-state index contributed by atoms with van der Waals surface area (Å²) in [5.74, 6) is 1.10. The number of likely N-dealkylation sites (N-methyl/N-ethyl adjacent to an activating group) is 1. The zero-order valence-electron chi connectivity index (χ0n) is 12.8. The Labute approximate surface area is 117 Å². The van der Waals surface area contributed by atoms with Crippen LogP contribution in [0.25, 0.3) is 0 Å². The molecule has 0 saturated heterocycles. The first-order chi connectivity index (χ1) is 9.13. The quantitative estimate of drug-likeness (QED) is 0.575. The molecule has 0 saturated carbocycles. The highest BCUT2D eigenvalue weighted by Gasteiger charge is 2.13. The number of hydrogen-bond donors (Lipinski definition) is 1. The standard InChI is InChI=1S/C16H27N3/c1-6-9-17-12-15-13(4)11-14(5)18-16(15)19(8-3)10-7-2/h7,11,17H,2,6,8-10,12H2,1,3-5H3. The molecule has 19 heavy (non-hydrogen) atoms. The van der Waals surface area contributed by atoms with Crippen molar-refractivity contribution in [3.8, 4) is 0 Å². The Hall–Kier alpha value is -1.35. The molecule has 0 radical (unpaired) electrons. The third-order valence-electron chi connectivity index (χ3n) is 3.21. The van der Waals surface area contributed by atoms with Crippen LogP contribution in [0.15, 0.2) is 18.7 Å². The van der Waals surface area contributed by atoms with Crippen LogP contribution < -0.4 is 10.2 Å². The summed E-state index contributed by atoms with van der Waals surface area (Å²) in [5.41, 5.74) is 3.70. The molecular formula is C16H27N3. The highest BCUT2D eigenvalue weighted by Crippen LogP contribution is 2.22. The predicted molar refractivity (Wildman–Crippen MR) is 83.8 cm³/mol. The van der Waals surface area contributed by atoms with Gasteiger partial charge in [0.1, 0.15) is 5.82 Å². The SMILES string of the molecule is C=CCN(CC)c1nc(C)cc(C)c1CNCCC. The zero-order chi connectivity index (χ0) is 14.3. The van der Waals surface area contributed by atoms with Crippen molar-refractivity contribution in [3.05, 3.63) is 35.5 Å². The van der Waals surface area contributed by atoms with Crippen molar-refractivity contribution in [1.29, 1.82) is 0 Å². The van der Waals surface area contributed by atoms with E-state index in [9.17, 15) is 0 Å². The molecule has 0 bridgehead atoms. The molecule has 0 aliphatic carbocycles. The fraction of sp³-hybridized carbons (Fsp3) is 0.562. The van der Waals surface area contributed by atoms with Gasteiger partial charge in [-0.05, 0) is 45.4 Å². The zero-order valence-corrected chi connectivity index (χ0v) is 12.8. The number of pyridine rings is 1. The van der Waals surface area contributed by atoms with Gasteiger partial charge in [-0.3, -0.25) is 0 Å². The Kier molecular flexibility index (Phi) is 6.57. The van der Waals surface area contributed by atoms with E-state index in [-0.39, 0.29) is 0 Å². The van der Waals surface area contributed by atoms with Crippen LogP contribution in [0, 0.1) is 13.8 Å². The van der Waals surface area contributed by atoms with E-state index in [0.717, 1.165) is 44.1 Å². The lowest BCUT2D eigenvalue weighted by molar-refractivity contribution is 0.668. The highest BCUT2D eigenvalue weighted by atomic mass is 15.2. The molecule has 1 aromatic heterocycles. The van der Waals surface area contributed by atoms with Gasteiger partial charge in [0, 0.05) is 30.9 Å². The molecule has 106 valence electrons. The molecule has 0 atom stereocenters. The Bertz CT molecular complexity index is 413. The van der Waals surface area contributed by atoms with Gasteiger partial charge in [-0.1, -0.05) is 13.0 Å². The Morgan fingerprint density at radius 1 is 1.37 bits per heavy atom. The Morgan fingerprint density at radius 2 is 2.11 bits per heavy atom. The fourth-order valence-corrected chi connectivity index (χ4v) is 2.23. The minimum Gasteiger partial charge on any atom is -0.353 e. The Balaban J connectivity index is 3.07. The first-order valence-electron chi connectivity index (χ1n) is 7.17. The molecule has 3 nitrogen and oxygen atoms in total. The summed E-state index contributed by atoms with van der Waals surface area (Å²) in [6.07, 6.45) is 3.09. The van der Waals surface area contributed by atoms with Gasteiger partial charge in [0.25, 0.3) is 0 Å². The van der Waals surface area contributed by atoms with Crippen LogP contribution in [0.3, 0.4) is 0 Å². The number of aryl methyl sites for hydroxylation is 2. The molecule has 0 fully saturated rings. The van der Waals surface area contributed by atoms with E-state index in [1.54, 1.807) is 0 Å². The van der Waals surface area contributed by atoms with Crippen molar-refractivity contribution >= 4 is 5.82 Å². The molecule has 1 heterocycles. The first kappa shape index (κ1) is 15.7. The van der Waals surface area contributed by atoms with Gasteiger partial charge in [-0.15, -0.1) is 6.58 Å². The second-order valence-electron chi connectivity index (χ2n) is 4.89. The van der Waals surface area contributed by atoms with Gasteiger partial charge in [0.15, 0.2) is 0 Å². The second kappa shape index (κ2) is 7.95. The van der Waals surface area contributed by atoms with E-state index < -0.39 is 0 Å². The summed E-state index contributed by atoms with van der Waals surface area (Å²) >= 11 is 0. The molecule has 0 aromatic carbocycles. The summed E-state index contributed by atoms with van der Waals surface area (Å²) in [6, 6.07) is 2.16. The topological polar surface area (TPSA) is 28.2 Å². The number of aromatic nitrogens is 1. The maximum Gasteiger partial charge on any atom is 0.133 e. The minimum atomic E-state index is 0.840. The van der Waals surface area contributed by atoms with Crippen LogP contribution in [-0.4, -0.2) is 24.6 Å². The molecule has 0 unspecified atom stereocenters. The van der Waals surface area contributed by atoms with Gasteiger partial charge in [-0.2, -0.15) is 0 Å². The van der Waals surface area contributed by atoms with Gasteiger partial charge in [0.2, 0.25) is 0 Å². The molecule has 0 amide bonds. The molecule has 0 aliphatic rings. The third kappa shape index (κ3) is 4.35. The van der Waals surface area contributed by atoms with Crippen molar-refractivity contribution in [3.63, 3.8) is 0 Å². The average Bonchev–Trinajstić information content (AvgIpc) is 2.38. The molecule has 3 heteroatoms. The van der Waals surface area contributed by atoms with Gasteiger partial charge in [-0.25, -0.2) is 4.98 Å². The van der Waals surface area contributed by atoms with Crippen LogP contribution >= 0.6 is 0 Å². The van der Waals surface area contributed by atoms with Crippen molar-refractivity contribution in [2.75, 3.05) is 24.5 Å². The third-order valence-corrected chi connectivity index (χ3v) is 3.21. The summed E-state index contributed by atoms with van der Waals surface area (Å²) < 4.78 is 0. The van der Waals surface area contributed by atoms with Crippen molar-refractivity contribution in [2.45, 2.75) is 40.7 Å². The van der Waals surface area contributed by atoms with E-state index in [2.05, 4.69) is 50.6 Å². The minimum absolute atomic E-state index is 0.840. The van der Waals surface area contributed by atoms with Crippen LogP contribution in [0.4, 0.5) is 5.82 Å². The van der Waals surface area contributed by atoms with Gasteiger partial charge >= 0.3 is 0 Å². The lowest BCUT2D eigenvalue weighted by Crippen LogP contribution is -2.27. The normalized spacial score (nSPS) is 10.5. The summed E-state index contributed by atoms with van der Waals surface area (Å²) in [6.45, 7) is 16.1. The monoisotopic (exact) mass is 261 g/mol. The number of anilines is 1. The van der Waals surface area contributed by atoms with E-state index in [1.807, 2.05) is 6.08 Å². The molecule has 0 aliphatic heterocycles. The van der Waals surface area contributed by atoms with Crippen molar-refractivity contribution in [2.24, 2.45) is 0 Å². The summed E-state index contributed by atoms with van der Waals surface area (Å²) in [7, 11) is 0. The van der Waals surface area contributed by atoms with E-state index >= 15 is 0 Å². The highest BCUT2D eigenvalue weighted by molar-refractivity contribution is 5.52. The Morgan fingerprint density at radius 3 is 2.68 bits per heavy atom. The maximum absolute atomic E-state index is 4.74. The van der Waals surface area contributed by atoms with Gasteiger partial charge < -0.3 is 10.2 Å². The van der Waals surface area contributed by atoms with E-state index in [0.29, 0.717) is 0 Å². The lowest BCUT2D eigenvalue weighted by Gasteiger charge is -2.25.